The SMILES string of the molecule is CC[C@H](C)[C@@H]1NC(=O)[C@H](COC)N(C)C(=O)C[C@@H](C(=O)N(C)C)N(C)C(=O)[C@H](C2CCCC2)N(C)C(=O)C2(CC(C)(C)C2)NC(=O)[C@@H]2C[C@@H](OC3CCCC3)CN2C(=O)[C@H](CCC2CC(F)C(C(F)(F)F)C(F)C2)NC(=O)CN(C)C(=O)[C@H](CC2CCCCC2)N2CC/C=C\C[C@@H](C2=O)N(C)C(=O)CN(C2CC2)C1=O. The van der Waals surface area contributed by atoms with Crippen LogP contribution >= 0.6 is 0 Å². The number of alkyl halides is 5. The lowest BCUT2D eigenvalue weighted by atomic mass is 9.58. The van der Waals surface area contributed by atoms with E-state index in [4.69, 9.17) is 9.47 Å². The van der Waals surface area contributed by atoms with Crippen molar-refractivity contribution in [2.24, 2.45) is 35.0 Å². The minimum Gasteiger partial charge on any atom is -0.382 e. The van der Waals surface area contributed by atoms with Gasteiger partial charge in [-0.1, -0.05) is 104 Å². The molecule has 9 rings (SSSR count). The molecule has 3 heterocycles. The van der Waals surface area contributed by atoms with Gasteiger partial charge in [0.1, 0.15) is 78.7 Å². The Balaban J connectivity index is 1.12. The van der Waals surface area contributed by atoms with Crippen LogP contribution in [-0.2, 0) is 67.0 Å². The molecule has 9 aliphatic rings. The van der Waals surface area contributed by atoms with Crippen LogP contribution in [0.25, 0.3) is 0 Å². The summed E-state index contributed by atoms with van der Waals surface area (Å²) in [5.41, 5.74) is -2.29. The van der Waals surface area contributed by atoms with Crippen molar-refractivity contribution < 1.29 is 89.0 Å². The molecule has 12 atom stereocenters. The van der Waals surface area contributed by atoms with Gasteiger partial charge in [-0.25, -0.2) is 8.78 Å². The van der Waals surface area contributed by atoms with Crippen LogP contribution in [-0.4, -0.2) is 295 Å². The fourth-order valence-electron chi connectivity index (χ4n) is 18.9. The van der Waals surface area contributed by atoms with E-state index in [1.807, 2.05) is 26.8 Å². The maximum Gasteiger partial charge on any atom is 0.397 e. The lowest BCUT2D eigenvalue weighted by molar-refractivity contribution is -0.219. The fraction of sp³-hybridized carbons (Fsp3) is 0.823. The zero-order chi connectivity index (χ0) is 80.6. The maximum atomic E-state index is 15.9. The van der Waals surface area contributed by atoms with E-state index in [0.717, 1.165) is 59.6 Å². The first-order chi connectivity index (χ1) is 51.9. The maximum absolute atomic E-state index is 15.9. The number of methoxy groups -OCH3 is 1. The molecule has 12 amide bonds. The number of ether oxygens (including phenoxy) is 2. The molecule has 0 aromatic rings. The first-order valence-corrected chi connectivity index (χ1v) is 40.4. The highest BCUT2D eigenvalue weighted by molar-refractivity contribution is 6.01. The molecule has 2 bridgehead atoms. The predicted molar refractivity (Wildman–Crippen MR) is 397 cm³/mol. The Morgan fingerprint density at radius 2 is 1.27 bits per heavy atom. The minimum atomic E-state index is -5.18. The van der Waals surface area contributed by atoms with Gasteiger partial charge in [-0.15, -0.1) is 0 Å². The molecule has 0 aromatic heterocycles. The summed E-state index contributed by atoms with van der Waals surface area (Å²) in [5, 5.41) is 8.73. The Labute approximate surface area is 645 Å². The highest BCUT2D eigenvalue weighted by Crippen LogP contribution is 2.50. The molecule has 2 saturated heterocycles. The van der Waals surface area contributed by atoms with Crippen molar-refractivity contribution in [3.05, 3.63) is 12.2 Å². The molecule has 0 radical (unpaired) electrons. The highest BCUT2D eigenvalue weighted by atomic mass is 19.4. The molecule has 3 aliphatic heterocycles. The van der Waals surface area contributed by atoms with Crippen LogP contribution in [0.2, 0.25) is 0 Å². The second kappa shape index (κ2) is 37.3. The van der Waals surface area contributed by atoms with Crippen molar-refractivity contribution in [3.8, 4) is 0 Å². The summed E-state index contributed by atoms with van der Waals surface area (Å²) in [7, 11) is 11.2. The van der Waals surface area contributed by atoms with Gasteiger partial charge >= 0.3 is 6.18 Å². The van der Waals surface area contributed by atoms with Crippen LogP contribution in [0.4, 0.5) is 22.0 Å². The first-order valence-electron chi connectivity index (χ1n) is 40.4. The van der Waals surface area contributed by atoms with E-state index in [1.54, 1.807) is 13.0 Å². The second-order valence-electron chi connectivity index (χ2n) is 34.5. The van der Waals surface area contributed by atoms with Crippen LogP contribution in [0.3, 0.4) is 0 Å². The molecule has 3 N–H and O–H groups in total. The summed E-state index contributed by atoms with van der Waals surface area (Å²) in [6.07, 6.45) is 1.07. The number of hydrogen-bond acceptors (Lipinski definition) is 14. The lowest BCUT2D eigenvalue weighted by Crippen LogP contribution is -2.71. The van der Waals surface area contributed by atoms with Gasteiger partial charge in [0, 0.05) is 82.0 Å². The van der Waals surface area contributed by atoms with Crippen molar-refractivity contribution in [3.63, 3.8) is 0 Å². The van der Waals surface area contributed by atoms with Crippen molar-refractivity contribution in [2.75, 3.05) is 89.2 Å². The van der Waals surface area contributed by atoms with Gasteiger partial charge in [0.15, 0.2) is 0 Å². The monoisotopic (exact) mass is 1560 g/mol. The average Bonchev–Trinajstić information content (AvgIpc) is 0.821. The molecule has 6 aliphatic carbocycles. The summed E-state index contributed by atoms with van der Waals surface area (Å²) >= 11 is 0. The van der Waals surface area contributed by atoms with E-state index in [2.05, 4.69) is 16.0 Å². The smallest absolute Gasteiger partial charge is 0.382 e. The average molecular weight is 1560 g/mol. The van der Waals surface area contributed by atoms with E-state index in [1.165, 1.54) is 85.8 Å². The Morgan fingerprint density at radius 3 is 1.86 bits per heavy atom. The molecule has 110 heavy (non-hydrogen) atoms. The molecule has 6 saturated carbocycles. The number of nitrogens with zero attached hydrogens (tertiary/aromatic N) is 9. The topological polar surface area (TPSA) is 289 Å². The van der Waals surface area contributed by atoms with Crippen LogP contribution < -0.4 is 16.0 Å². The molecule has 26 nitrogen and oxygen atoms in total. The Hall–Kier alpha value is -7.05. The zero-order valence-electron chi connectivity index (χ0n) is 66.8. The number of hydrogen-bond donors (Lipinski definition) is 3. The number of fused-ring (bicyclic) bond motifs is 3. The number of halogens is 5. The number of nitrogens with one attached hydrogen (secondary N) is 3. The first kappa shape index (κ1) is 86.9. The third-order valence-corrected chi connectivity index (χ3v) is 25.4. The molecular weight excluding hydrogens is 1440 g/mol. The summed E-state index contributed by atoms with van der Waals surface area (Å²) in [4.78, 5) is 195. The molecular formula is C79H123F5N12O14. The van der Waals surface area contributed by atoms with Crippen LogP contribution in [0.1, 0.15) is 201 Å². The number of amides is 12. The Bertz CT molecular complexity index is 3320. The van der Waals surface area contributed by atoms with Gasteiger partial charge in [0.25, 0.3) is 0 Å². The number of carbonyl (C=O) groups excluding carboxylic acids is 12. The predicted octanol–water partition coefficient (Wildman–Crippen LogP) is 6.25. The van der Waals surface area contributed by atoms with Crippen LogP contribution in [0.15, 0.2) is 12.2 Å². The summed E-state index contributed by atoms with van der Waals surface area (Å²) < 4.78 is 85.6. The molecule has 1 spiro atoms. The summed E-state index contributed by atoms with van der Waals surface area (Å²) in [6, 6.07) is -11.3. The normalized spacial score (nSPS) is 32.3. The van der Waals surface area contributed by atoms with E-state index in [0.29, 0.717) is 64.2 Å². The number of rotatable bonds is 14. The molecule has 0 aromatic carbocycles. The second-order valence-corrected chi connectivity index (χ2v) is 34.5. The zero-order valence-corrected chi connectivity index (χ0v) is 66.8. The van der Waals surface area contributed by atoms with Gasteiger partial charge in [0.05, 0.1) is 31.8 Å². The number of carbonyl (C=O) groups is 12. The van der Waals surface area contributed by atoms with Gasteiger partial charge in [-0.05, 0) is 125 Å². The molecule has 2 unspecified atom stereocenters. The van der Waals surface area contributed by atoms with Crippen LogP contribution in [0.5, 0.6) is 0 Å². The van der Waals surface area contributed by atoms with Crippen LogP contribution in [0, 0.1) is 35.0 Å². The summed E-state index contributed by atoms with van der Waals surface area (Å²) in [5.74, 6) is -13.5. The molecule has 8 fully saturated rings. The van der Waals surface area contributed by atoms with Crippen molar-refractivity contribution in [2.45, 2.75) is 292 Å². The number of likely N-dealkylation sites (N-methyl/N-ethyl adjacent to an activating group) is 6. The third kappa shape index (κ3) is 20.7. The van der Waals surface area contributed by atoms with Crippen molar-refractivity contribution >= 4 is 70.9 Å². The molecule has 31 heteroatoms. The van der Waals surface area contributed by atoms with Crippen molar-refractivity contribution in [1.29, 1.82) is 0 Å². The fourth-order valence-corrected chi connectivity index (χ4v) is 18.9. The lowest BCUT2D eigenvalue weighted by Gasteiger charge is -2.54. The summed E-state index contributed by atoms with van der Waals surface area (Å²) in [6.45, 7) is 5.60. The van der Waals surface area contributed by atoms with Crippen molar-refractivity contribution in [1.82, 2.24) is 60.0 Å². The highest BCUT2D eigenvalue weighted by Gasteiger charge is 2.60. The van der Waals surface area contributed by atoms with Gasteiger partial charge in [0.2, 0.25) is 70.9 Å². The van der Waals surface area contributed by atoms with E-state index in [-0.39, 0.29) is 76.7 Å². The van der Waals surface area contributed by atoms with E-state index in [9.17, 15) is 37.1 Å². The van der Waals surface area contributed by atoms with Gasteiger partial charge < -0.3 is 69.5 Å². The molecule has 618 valence electrons. The Morgan fingerprint density at radius 1 is 0.645 bits per heavy atom. The van der Waals surface area contributed by atoms with Gasteiger partial charge in [-0.3, -0.25) is 57.5 Å². The van der Waals surface area contributed by atoms with E-state index >= 15 is 42.3 Å². The third-order valence-electron chi connectivity index (χ3n) is 25.4. The van der Waals surface area contributed by atoms with Gasteiger partial charge in [-0.2, -0.15) is 13.2 Å². The Kier molecular flexibility index (Phi) is 29.5. The minimum absolute atomic E-state index is 0.0203. The largest absolute Gasteiger partial charge is 0.397 e. The standard InChI is InChI=1S/C79H123F5N12O14/c1-13-47(2)66-74(106)95(51-32-33-51)43-64(99)90(8)57-30-18-15-23-35-94(73(57)105)60(38-48-24-16-14-17-25-48)72(104)89(7)42-62(97)85-56(34-31-49-36-54(80)65(55(81)37-49)79(82,83)84)70(102)96-41-53(110-52-28-21-22-29-52)39-58(96)69(101)87-78(45-77(3,4)46-78)76(108)93(11)67(50-26-19-20-27-50)75(107)92(10)59(71(103)88(5)6)40-63(98)91(9)61(44-109-12)68(100)86-66/h15,18,47-61,65-67H,13-14,16-17,19-46H2,1-12H3,(H,85,97)(H,86,100)(H,87,101)/b18-15-/t47-,49?,53+,54?,55?,56-,57-,58-,59-,60-,61-,65?,66-,67-/m0/s1. The quantitative estimate of drug-likeness (QED) is 0.128. The van der Waals surface area contributed by atoms with E-state index < -0.39 is 217 Å².